The minimum absolute atomic E-state index is 0.0415. The second-order valence-corrected chi connectivity index (χ2v) is 7.84. The molecule has 0 aromatic carbocycles. The average Bonchev–Trinajstić information content (AvgIpc) is 3.13. The molecule has 27 heavy (non-hydrogen) atoms. The number of fused-ring (bicyclic) bond motifs is 2. The van der Waals surface area contributed by atoms with Crippen molar-refractivity contribution in [3.63, 3.8) is 0 Å². The van der Waals surface area contributed by atoms with Crippen LogP contribution in [0.15, 0.2) is 0 Å². The van der Waals surface area contributed by atoms with E-state index in [0.717, 1.165) is 13.0 Å². The Hall–Kier alpha value is -1.98. The van der Waals surface area contributed by atoms with Crippen molar-refractivity contribution in [1.29, 1.82) is 0 Å². The summed E-state index contributed by atoms with van der Waals surface area (Å²) < 4.78 is 34.8. The van der Waals surface area contributed by atoms with Crippen molar-refractivity contribution in [3.8, 4) is 0 Å². The zero-order valence-electron chi connectivity index (χ0n) is 14.4. The van der Waals surface area contributed by atoms with Crippen molar-refractivity contribution in [2.75, 3.05) is 26.2 Å². The zero-order valence-corrected chi connectivity index (χ0v) is 15.2. The van der Waals surface area contributed by atoms with Gasteiger partial charge >= 0.3 is 16.4 Å². The van der Waals surface area contributed by atoms with Crippen LogP contribution < -0.4 is 10.8 Å². The first-order chi connectivity index (χ1) is 12.8. The average molecular weight is 403 g/mol. The summed E-state index contributed by atoms with van der Waals surface area (Å²) in [6.07, 6.45) is 1.44. The van der Waals surface area contributed by atoms with Crippen molar-refractivity contribution in [2.45, 2.75) is 37.4 Å². The highest BCUT2D eigenvalue weighted by Gasteiger charge is 2.49. The summed E-state index contributed by atoms with van der Waals surface area (Å²) in [4.78, 5) is 34.4. The van der Waals surface area contributed by atoms with Gasteiger partial charge in [-0.1, -0.05) is 0 Å². The van der Waals surface area contributed by atoms with Crippen molar-refractivity contribution in [2.24, 2.45) is 5.92 Å². The number of hydroxylamine groups is 3. The Labute approximate surface area is 156 Å². The summed E-state index contributed by atoms with van der Waals surface area (Å²) in [6, 6.07) is -2.11. The van der Waals surface area contributed by atoms with Gasteiger partial charge in [0.2, 0.25) is 6.54 Å². The van der Waals surface area contributed by atoms with Crippen LogP contribution in [0, 0.1) is 12.5 Å². The standard InChI is InChI=1S/C14H21N5O7S/c1-15-5-9-4-10(16-6-9)8-25-17-13(20)12-3-2-11-7-18(12)14(21)19(11)26-27(22,23)24/h9-12,16H,2-8H2,(H,17,20)(H,22,23,24)/t9-,10+,11-,12+/m1/s1. The Bertz CT molecular complexity index is 739. The van der Waals surface area contributed by atoms with Gasteiger partial charge in [-0.15, -0.1) is 4.28 Å². The number of piperidine rings is 1. The maximum absolute atomic E-state index is 12.3. The molecule has 0 aromatic rings. The van der Waals surface area contributed by atoms with Gasteiger partial charge in [0.15, 0.2) is 0 Å². The van der Waals surface area contributed by atoms with Crippen molar-refractivity contribution in [1.82, 2.24) is 20.8 Å². The highest BCUT2D eigenvalue weighted by Crippen LogP contribution is 2.30. The third-order valence-corrected chi connectivity index (χ3v) is 5.27. The van der Waals surface area contributed by atoms with Gasteiger partial charge in [0.25, 0.3) is 5.91 Å². The molecule has 3 rings (SSSR count). The van der Waals surface area contributed by atoms with Crippen LogP contribution in [0.4, 0.5) is 4.79 Å². The van der Waals surface area contributed by atoms with Crippen molar-refractivity contribution >= 4 is 22.3 Å². The third-order valence-electron chi connectivity index (χ3n) is 4.92. The van der Waals surface area contributed by atoms with E-state index in [1.165, 1.54) is 4.90 Å². The highest BCUT2D eigenvalue weighted by molar-refractivity contribution is 7.80. The maximum Gasteiger partial charge on any atom is 0.418 e. The Morgan fingerprint density at radius 3 is 2.93 bits per heavy atom. The van der Waals surface area contributed by atoms with Crippen molar-refractivity contribution in [3.05, 3.63) is 11.4 Å². The molecule has 150 valence electrons. The molecular weight excluding hydrogens is 382 g/mol. The molecule has 3 aliphatic rings. The predicted molar refractivity (Wildman–Crippen MR) is 88.8 cm³/mol. The van der Waals surface area contributed by atoms with Crippen molar-refractivity contribution < 1.29 is 31.7 Å². The first-order valence-electron chi connectivity index (χ1n) is 8.53. The van der Waals surface area contributed by atoms with Gasteiger partial charge in [-0.05, 0) is 19.3 Å². The molecule has 0 saturated carbocycles. The lowest BCUT2D eigenvalue weighted by atomic mass is 10.0. The first kappa shape index (κ1) is 19.8. The second-order valence-electron chi connectivity index (χ2n) is 6.83. The summed E-state index contributed by atoms with van der Waals surface area (Å²) in [7, 11) is -4.82. The minimum atomic E-state index is -4.82. The van der Waals surface area contributed by atoms with Gasteiger partial charge in [-0.3, -0.25) is 14.2 Å². The van der Waals surface area contributed by atoms with E-state index in [0.29, 0.717) is 24.4 Å². The zero-order chi connectivity index (χ0) is 19.6. The second kappa shape index (κ2) is 7.95. The van der Waals surface area contributed by atoms with E-state index < -0.39 is 34.4 Å². The number of urea groups is 1. The Balaban J connectivity index is 1.47. The van der Waals surface area contributed by atoms with Gasteiger partial charge < -0.3 is 15.1 Å². The fourth-order valence-corrected chi connectivity index (χ4v) is 4.07. The summed E-state index contributed by atoms with van der Waals surface area (Å²) in [6.45, 7) is 8.43. The van der Waals surface area contributed by atoms with Gasteiger partial charge in [-0.25, -0.2) is 16.8 Å². The summed E-state index contributed by atoms with van der Waals surface area (Å²) in [5, 5.41) is 3.80. The molecule has 3 N–H and O–H groups in total. The lowest BCUT2D eigenvalue weighted by Crippen LogP contribution is -2.50. The summed E-state index contributed by atoms with van der Waals surface area (Å²) >= 11 is 0. The predicted octanol–water partition coefficient (Wildman–Crippen LogP) is -1.07. The Kier molecular flexibility index (Phi) is 5.82. The van der Waals surface area contributed by atoms with E-state index in [-0.39, 0.29) is 25.1 Å². The van der Waals surface area contributed by atoms with E-state index in [9.17, 15) is 18.0 Å². The van der Waals surface area contributed by atoms with Gasteiger partial charge in [0.1, 0.15) is 6.04 Å². The van der Waals surface area contributed by atoms with E-state index >= 15 is 0 Å². The summed E-state index contributed by atoms with van der Waals surface area (Å²) in [5.74, 6) is -0.232. The van der Waals surface area contributed by atoms with E-state index in [2.05, 4.69) is 19.9 Å². The fourth-order valence-electron chi connectivity index (χ4n) is 3.68. The molecule has 12 nitrogen and oxygen atoms in total. The monoisotopic (exact) mass is 403 g/mol. The van der Waals surface area contributed by atoms with Crippen LogP contribution in [0.2, 0.25) is 0 Å². The fraction of sp³-hybridized carbons (Fsp3) is 0.786. The number of carbonyl (C=O) groups excluding carboxylic acids is 2. The molecular formula is C14H21N5O7S. The van der Waals surface area contributed by atoms with Crippen LogP contribution in [-0.2, 0) is 24.3 Å². The van der Waals surface area contributed by atoms with Crippen LogP contribution in [0.25, 0.3) is 4.85 Å². The Morgan fingerprint density at radius 1 is 1.44 bits per heavy atom. The number of nitrogens with one attached hydrogen (secondary N) is 2. The molecule has 3 aliphatic heterocycles. The topological polar surface area (TPSA) is 142 Å². The molecule has 4 atom stereocenters. The first-order valence-corrected chi connectivity index (χ1v) is 9.90. The Morgan fingerprint density at radius 2 is 2.22 bits per heavy atom. The third kappa shape index (κ3) is 4.66. The quantitative estimate of drug-likeness (QED) is 0.277. The molecule has 0 aliphatic carbocycles. The molecule has 0 spiro atoms. The molecule has 3 saturated heterocycles. The highest BCUT2D eigenvalue weighted by atomic mass is 32.3. The molecule has 3 fully saturated rings. The SMILES string of the molecule is [C-]#[N+]C[C@@H]1CN[C@H](CONC(=O)[C@@H]2CC[C@@H]3CN2C(=O)N3OS(=O)(=O)O)C1. The molecule has 0 aromatic heterocycles. The number of carbonyl (C=O) groups is 2. The lowest BCUT2D eigenvalue weighted by Gasteiger charge is -2.29. The van der Waals surface area contributed by atoms with E-state index in [4.69, 9.17) is 16.0 Å². The number of rotatable bonds is 7. The number of hydrogen-bond acceptors (Lipinski definition) is 7. The van der Waals surface area contributed by atoms with Crippen LogP contribution in [-0.4, -0.2) is 79.2 Å². The summed E-state index contributed by atoms with van der Waals surface area (Å²) in [5.41, 5.74) is 2.33. The normalized spacial score (nSPS) is 30.4. The molecule has 0 radical (unpaired) electrons. The van der Waals surface area contributed by atoms with Gasteiger partial charge in [-0.2, -0.15) is 13.5 Å². The van der Waals surface area contributed by atoms with Crippen LogP contribution in [0.1, 0.15) is 19.3 Å². The lowest BCUT2D eigenvalue weighted by molar-refractivity contribution is -0.139. The number of nitrogens with zero attached hydrogens (tertiary/aromatic N) is 3. The largest absolute Gasteiger partial charge is 0.418 e. The van der Waals surface area contributed by atoms with Gasteiger partial charge in [0, 0.05) is 25.0 Å². The number of hydrogen-bond donors (Lipinski definition) is 3. The van der Waals surface area contributed by atoms with Crippen LogP contribution in [0.5, 0.6) is 0 Å². The van der Waals surface area contributed by atoms with E-state index in [1.807, 2.05) is 0 Å². The molecule has 13 heteroatoms. The van der Waals surface area contributed by atoms with Crippen LogP contribution in [0.3, 0.4) is 0 Å². The molecule has 2 bridgehead atoms. The molecule has 3 heterocycles. The van der Waals surface area contributed by atoms with Gasteiger partial charge in [0.05, 0.1) is 12.6 Å². The number of amides is 3. The minimum Gasteiger partial charge on any atom is -0.317 e. The molecule has 3 amide bonds. The smallest absolute Gasteiger partial charge is 0.317 e. The maximum atomic E-state index is 12.3. The van der Waals surface area contributed by atoms with Crippen LogP contribution >= 0.6 is 0 Å². The van der Waals surface area contributed by atoms with E-state index in [1.54, 1.807) is 0 Å². The molecule has 0 unspecified atom stereocenters.